The normalized spacial score (nSPS) is 12.0. The molecule has 110 valence electrons. The second kappa shape index (κ2) is 7.83. The van der Waals surface area contributed by atoms with Crippen molar-refractivity contribution in [1.29, 1.82) is 0 Å². The van der Waals surface area contributed by atoms with Crippen molar-refractivity contribution in [3.8, 4) is 0 Å². The summed E-state index contributed by atoms with van der Waals surface area (Å²) in [6, 6.07) is 14.9. The van der Waals surface area contributed by atoms with Crippen molar-refractivity contribution in [2.75, 3.05) is 5.88 Å². The highest BCUT2D eigenvalue weighted by atomic mass is 79.9. The molecule has 0 saturated heterocycles. The van der Waals surface area contributed by atoms with Gasteiger partial charge in [0.2, 0.25) is 0 Å². The standard InChI is InChI=1S/C16H14BrCl2NO/c17-13-7-12(8-14(19)9-13)16(21)20-15(10-18)6-11-4-2-1-3-5-11/h1-5,7-9,15H,6,10H2,(H,20,21). The lowest BCUT2D eigenvalue weighted by Gasteiger charge is -2.16. The molecule has 21 heavy (non-hydrogen) atoms. The number of amides is 1. The molecule has 2 rings (SSSR count). The third kappa shape index (κ3) is 5.03. The molecule has 0 aliphatic rings. The van der Waals surface area contributed by atoms with Gasteiger partial charge in [-0.3, -0.25) is 4.79 Å². The molecule has 2 nitrogen and oxygen atoms in total. The van der Waals surface area contributed by atoms with Crippen LogP contribution < -0.4 is 5.32 Å². The van der Waals surface area contributed by atoms with Crippen molar-refractivity contribution < 1.29 is 4.79 Å². The highest BCUT2D eigenvalue weighted by Gasteiger charge is 2.14. The second-order valence-electron chi connectivity index (χ2n) is 4.67. The Balaban J connectivity index is 2.05. The molecule has 2 aromatic carbocycles. The molecule has 0 aliphatic carbocycles. The Morgan fingerprint density at radius 1 is 1.19 bits per heavy atom. The van der Waals surface area contributed by atoms with E-state index in [0.717, 1.165) is 10.0 Å². The average Bonchev–Trinajstić information content (AvgIpc) is 2.46. The molecule has 0 radical (unpaired) electrons. The lowest BCUT2D eigenvalue weighted by atomic mass is 10.1. The molecule has 2 aromatic rings. The van der Waals surface area contributed by atoms with Gasteiger partial charge in [0.15, 0.2) is 0 Å². The first kappa shape index (κ1) is 16.3. The van der Waals surface area contributed by atoms with E-state index >= 15 is 0 Å². The number of alkyl halides is 1. The number of rotatable bonds is 5. The number of nitrogens with one attached hydrogen (secondary N) is 1. The average molecular weight is 387 g/mol. The summed E-state index contributed by atoms with van der Waals surface area (Å²) in [6.07, 6.45) is 0.692. The van der Waals surface area contributed by atoms with Crippen LogP contribution in [0.5, 0.6) is 0 Å². The van der Waals surface area contributed by atoms with Crippen LogP contribution in [0.3, 0.4) is 0 Å². The maximum absolute atomic E-state index is 12.3. The van der Waals surface area contributed by atoms with Crippen LogP contribution in [0.2, 0.25) is 5.02 Å². The van der Waals surface area contributed by atoms with Crippen molar-refractivity contribution in [3.05, 3.63) is 69.2 Å². The maximum atomic E-state index is 12.3. The van der Waals surface area contributed by atoms with Gasteiger partial charge in [-0.05, 0) is 30.2 Å². The van der Waals surface area contributed by atoms with E-state index in [1.165, 1.54) is 0 Å². The molecule has 0 saturated carbocycles. The Morgan fingerprint density at radius 2 is 1.90 bits per heavy atom. The van der Waals surface area contributed by atoms with Crippen LogP contribution in [0.1, 0.15) is 15.9 Å². The first-order valence-electron chi connectivity index (χ1n) is 6.45. The first-order valence-corrected chi connectivity index (χ1v) is 8.16. The Hall–Kier alpha value is -1.03. The molecule has 0 fully saturated rings. The summed E-state index contributed by atoms with van der Waals surface area (Å²) >= 11 is 15.2. The third-order valence-corrected chi connectivity index (χ3v) is 4.02. The summed E-state index contributed by atoms with van der Waals surface area (Å²) in [7, 11) is 0. The van der Waals surface area contributed by atoms with Gasteiger partial charge in [-0.15, -0.1) is 11.6 Å². The molecular formula is C16H14BrCl2NO. The lowest BCUT2D eigenvalue weighted by Crippen LogP contribution is -2.37. The largest absolute Gasteiger partial charge is 0.348 e. The van der Waals surface area contributed by atoms with Gasteiger partial charge < -0.3 is 5.32 Å². The Bertz CT molecular complexity index is 599. The molecule has 0 heterocycles. The minimum atomic E-state index is -0.181. The number of benzene rings is 2. The van der Waals surface area contributed by atoms with Crippen LogP contribution in [-0.4, -0.2) is 17.8 Å². The van der Waals surface area contributed by atoms with E-state index < -0.39 is 0 Å². The van der Waals surface area contributed by atoms with E-state index in [4.69, 9.17) is 23.2 Å². The fourth-order valence-corrected chi connectivity index (χ4v) is 3.04. The van der Waals surface area contributed by atoms with Gasteiger partial charge in [-0.2, -0.15) is 0 Å². The van der Waals surface area contributed by atoms with E-state index in [0.29, 0.717) is 22.9 Å². The van der Waals surface area contributed by atoms with Crippen LogP contribution in [0.15, 0.2) is 53.0 Å². The van der Waals surface area contributed by atoms with Crippen molar-refractivity contribution in [1.82, 2.24) is 5.32 Å². The number of hydrogen-bond donors (Lipinski definition) is 1. The molecule has 0 bridgehead atoms. The third-order valence-electron chi connectivity index (χ3n) is 2.97. The molecule has 5 heteroatoms. The SMILES string of the molecule is O=C(NC(CCl)Cc1ccccc1)c1cc(Cl)cc(Br)c1. The zero-order chi connectivity index (χ0) is 15.2. The maximum Gasteiger partial charge on any atom is 0.251 e. The summed E-state index contributed by atoms with van der Waals surface area (Å²) in [6.45, 7) is 0. The second-order valence-corrected chi connectivity index (χ2v) is 6.33. The minimum Gasteiger partial charge on any atom is -0.348 e. The molecule has 1 N–H and O–H groups in total. The van der Waals surface area contributed by atoms with Crippen LogP contribution in [0.25, 0.3) is 0 Å². The topological polar surface area (TPSA) is 29.1 Å². The zero-order valence-electron chi connectivity index (χ0n) is 11.2. The van der Waals surface area contributed by atoms with E-state index in [9.17, 15) is 4.79 Å². The molecule has 1 atom stereocenters. The summed E-state index contributed by atoms with van der Waals surface area (Å²) in [5, 5.41) is 3.45. The molecular weight excluding hydrogens is 373 g/mol. The predicted molar refractivity (Wildman–Crippen MR) is 91.3 cm³/mol. The van der Waals surface area contributed by atoms with Crippen LogP contribution >= 0.6 is 39.1 Å². The van der Waals surface area contributed by atoms with Gasteiger partial charge in [0, 0.05) is 27.0 Å². The fraction of sp³-hybridized carbons (Fsp3) is 0.188. The van der Waals surface area contributed by atoms with Crippen LogP contribution in [0.4, 0.5) is 0 Å². The molecule has 0 spiro atoms. The molecule has 0 aromatic heterocycles. The van der Waals surface area contributed by atoms with E-state index in [1.54, 1.807) is 18.2 Å². The van der Waals surface area contributed by atoms with Crippen LogP contribution in [0, 0.1) is 0 Å². The first-order chi connectivity index (χ1) is 10.1. The zero-order valence-corrected chi connectivity index (χ0v) is 14.3. The van der Waals surface area contributed by atoms with Crippen molar-refractivity contribution in [2.24, 2.45) is 0 Å². The van der Waals surface area contributed by atoms with Gasteiger partial charge in [-0.1, -0.05) is 57.9 Å². The van der Waals surface area contributed by atoms with Gasteiger partial charge in [-0.25, -0.2) is 0 Å². The minimum absolute atomic E-state index is 0.126. The highest BCUT2D eigenvalue weighted by Crippen LogP contribution is 2.19. The summed E-state index contributed by atoms with van der Waals surface area (Å²) in [5.74, 6) is 0.169. The fourth-order valence-electron chi connectivity index (χ4n) is 2.00. The number of carbonyl (C=O) groups is 1. The van der Waals surface area contributed by atoms with Crippen molar-refractivity contribution >= 4 is 45.0 Å². The summed E-state index contributed by atoms with van der Waals surface area (Å²) in [5.41, 5.74) is 1.65. The van der Waals surface area contributed by atoms with E-state index in [1.807, 2.05) is 30.3 Å². The lowest BCUT2D eigenvalue weighted by molar-refractivity contribution is 0.0940. The molecule has 1 unspecified atom stereocenters. The monoisotopic (exact) mass is 385 g/mol. The van der Waals surface area contributed by atoms with Crippen molar-refractivity contribution in [3.63, 3.8) is 0 Å². The number of carbonyl (C=O) groups excluding carboxylic acids is 1. The van der Waals surface area contributed by atoms with Gasteiger partial charge in [0.25, 0.3) is 5.91 Å². The Morgan fingerprint density at radius 3 is 2.52 bits per heavy atom. The van der Waals surface area contributed by atoms with E-state index in [2.05, 4.69) is 21.2 Å². The summed E-state index contributed by atoms with van der Waals surface area (Å²) < 4.78 is 0.769. The highest BCUT2D eigenvalue weighted by molar-refractivity contribution is 9.10. The molecule has 0 aliphatic heterocycles. The van der Waals surface area contributed by atoms with Gasteiger partial charge in [0.05, 0.1) is 0 Å². The predicted octanol–water partition coefficient (Wildman–Crippen LogP) is 4.68. The Kier molecular flexibility index (Phi) is 6.09. The number of hydrogen-bond acceptors (Lipinski definition) is 1. The van der Waals surface area contributed by atoms with Gasteiger partial charge >= 0.3 is 0 Å². The quantitative estimate of drug-likeness (QED) is 0.742. The Labute approximate surface area is 142 Å². The van der Waals surface area contributed by atoms with E-state index in [-0.39, 0.29) is 11.9 Å². The number of halogens is 3. The van der Waals surface area contributed by atoms with Gasteiger partial charge in [0.1, 0.15) is 0 Å². The smallest absolute Gasteiger partial charge is 0.251 e. The van der Waals surface area contributed by atoms with Crippen LogP contribution in [-0.2, 0) is 6.42 Å². The molecule has 1 amide bonds. The van der Waals surface area contributed by atoms with Crippen molar-refractivity contribution in [2.45, 2.75) is 12.5 Å². The summed E-state index contributed by atoms with van der Waals surface area (Å²) in [4.78, 5) is 12.3.